The summed E-state index contributed by atoms with van der Waals surface area (Å²) >= 11 is 1.66. The predicted molar refractivity (Wildman–Crippen MR) is 64.4 cm³/mol. The van der Waals surface area contributed by atoms with Crippen molar-refractivity contribution in [3.05, 3.63) is 11.5 Å². The van der Waals surface area contributed by atoms with Gasteiger partial charge in [-0.3, -0.25) is 4.79 Å². The van der Waals surface area contributed by atoms with Gasteiger partial charge in [-0.15, -0.1) is 11.8 Å². The van der Waals surface area contributed by atoms with Crippen molar-refractivity contribution in [3.63, 3.8) is 0 Å². The van der Waals surface area contributed by atoms with Gasteiger partial charge in [0.05, 0.1) is 6.42 Å². The lowest BCUT2D eigenvalue weighted by Crippen LogP contribution is -2.30. The summed E-state index contributed by atoms with van der Waals surface area (Å²) in [5, 5.41) is 2.85. The molecule has 0 radical (unpaired) electrons. The molecule has 0 rings (SSSR count). The molecule has 3 heteroatoms. The third kappa shape index (κ3) is 8.17. The highest BCUT2D eigenvalue weighted by atomic mass is 32.2. The van der Waals surface area contributed by atoms with Crippen LogP contribution in [0.1, 0.15) is 41.0 Å². The van der Waals surface area contributed by atoms with Crippen molar-refractivity contribution < 1.29 is 4.79 Å². The molecule has 0 aromatic heterocycles. The number of carbonyl (C=O) groups is 1. The van der Waals surface area contributed by atoms with Gasteiger partial charge in [-0.05, 0) is 18.8 Å². The quantitative estimate of drug-likeness (QED) is 0.781. The largest absolute Gasteiger partial charge is 0.354 e. The van der Waals surface area contributed by atoms with Crippen LogP contribution in [0.15, 0.2) is 11.5 Å². The van der Waals surface area contributed by atoms with Gasteiger partial charge in [0.25, 0.3) is 0 Å². The van der Waals surface area contributed by atoms with Crippen molar-refractivity contribution in [3.8, 4) is 0 Å². The first-order valence-electron chi connectivity index (χ1n) is 4.87. The van der Waals surface area contributed by atoms with Crippen LogP contribution in [-0.4, -0.2) is 16.7 Å². The van der Waals surface area contributed by atoms with Gasteiger partial charge >= 0.3 is 0 Å². The predicted octanol–water partition coefficient (Wildman–Crippen LogP) is 2.95. The zero-order valence-corrected chi connectivity index (χ0v) is 10.6. The molecular formula is C11H21NOS. The molecule has 0 aliphatic rings. The molecule has 0 fully saturated rings. The summed E-state index contributed by atoms with van der Waals surface area (Å²) < 4.78 is 0.134. The van der Waals surface area contributed by atoms with Gasteiger partial charge in [-0.2, -0.15) is 0 Å². The van der Waals surface area contributed by atoms with Crippen LogP contribution in [0.4, 0.5) is 0 Å². The molecule has 0 spiro atoms. The fraction of sp³-hybridized carbons (Fsp3) is 0.727. The Morgan fingerprint density at radius 3 is 2.29 bits per heavy atom. The number of amides is 1. The van der Waals surface area contributed by atoms with Gasteiger partial charge in [0.2, 0.25) is 5.91 Å². The normalized spacial score (nSPS) is 11.6. The molecule has 0 aliphatic carbocycles. The second-order valence-corrected chi connectivity index (χ2v) is 6.66. The second-order valence-electron chi connectivity index (χ2n) is 4.65. The van der Waals surface area contributed by atoms with E-state index >= 15 is 0 Å². The van der Waals surface area contributed by atoms with Crippen molar-refractivity contribution in [1.82, 2.24) is 5.32 Å². The monoisotopic (exact) mass is 215 g/mol. The lowest BCUT2D eigenvalue weighted by atomic mass is 10.3. The number of carbonyl (C=O) groups excluding carboxylic acids is 1. The highest BCUT2D eigenvalue weighted by Crippen LogP contribution is 2.31. The van der Waals surface area contributed by atoms with E-state index in [-0.39, 0.29) is 16.7 Å². The summed E-state index contributed by atoms with van der Waals surface area (Å²) in [6, 6.07) is 0.204. The van der Waals surface area contributed by atoms with Crippen LogP contribution < -0.4 is 5.32 Å². The summed E-state index contributed by atoms with van der Waals surface area (Å²) in [6.07, 6.45) is 0.417. The van der Waals surface area contributed by atoms with E-state index in [1.807, 2.05) is 13.8 Å². The van der Waals surface area contributed by atoms with Crippen LogP contribution in [-0.2, 0) is 4.79 Å². The molecule has 0 saturated carbocycles. The van der Waals surface area contributed by atoms with E-state index in [1.54, 1.807) is 11.8 Å². The summed E-state index contributed by atoms with van der Waals surface area (Å²) in [6.45, 7) is 14.1. The fourth-order valence-electron chi connectivity index (χ4n) is 1.02. The number of thioether (sulfide) groups is 1. The van der Waals surface area contributed by atoms with Crippen molar-refractivity contribution in [2.75, 3.05) is 0 Å². The first kappa shape index (κ1) is 13.6. The number of rotatable bonds is 4. The Bertz CT molecular complexity index is 216. The molecule has 0 unspecified atom stereocenters. The standard InChI is InChI=1S/C11H21NOS/c1-8(2)12-10(13)7-9(3)14-11(4,5)6/h8H,3,7H2,1-2,4-6H3,(H,12,13). The fourth-order valence-corrected chi connectivity index (χ4v) is 2.09. The maximum Gasteiger partial charge on any atom is 0.225 e. The minimum absolute atomic E-state index is 0.0572. The molecular weight excluding hydrogens is 194 g/mol. The van der Waals surface area contributed by atoms with Crippen LogP contribution in [0, 0.1) is 0 Å². The molecule has 1 amide bonds. The molecule has 0 saturated heterocycles. The maximum atomic E-state index is 11.4. The van der Waals surface area contributed by atoms with Gasteiger partial charge in [-0.1, -0.05) is 27.4 Å². The van der Waals surface area contributed by atoms with Gasteiger partial charge in [0.1, 0.15) is 0 Å². The average Bonchev–Trinajstić information content (AvgIpc) is 1.77. The zero-order valence-electron chi connectivity index (χ0n) is 9.81. The molecule has 0 aliphatic heterocycles. The topological polar surface area (TPSA) is 29.1 Å². The van der Waals surface area contributed by atoms with E-state index in [0.717, 1.165) is 4.91 Å². The molecule has 14 heavy (non-hydrogen) atoms. The van der Waals surface area contributed by atoms with Gasteiger partial charge in [0.15, 0.2) is 0 Å². The number of nitrogens with one attached hydrogen (secondary N) is 1. The van der Waals surface area contributed by atoms with E-state index < -0.39 is 0 Å². The Balaban J connectivity index is 3.90. The SMILES string of the molecule is C=C(CC(=O)NC(C)C)SC(C)(C)C. The lowest BCUT2D eigenvalue weighted by molar-refractivity contribution is -0.120. The lowest BCUT2D eigenvalue weighted by Gasteiger charge is -2.19. The molecule has 0 atom stereocenters. The smallest absolute Gasteiger partial charge is 0.225 e. The van der Waals surface area contributed by atoms with Crippen LogP contribution >= 0.6 is 11.8 Å². The van der Waals surface area contributed by atoms with Crippen molar-refractivity contribution >= 4 is 17.7 Å². The first-order chi connectivity index (χ1) is 6.20. The summed E-state index contributed by atoms with van der Waals surface area (Å²) in [7, 11) is 0. The minimum atomic E-state index is 0.0572. The van der Waals surface area contributed by atoms with E-state index in [2.05, 4.69) is 32.7 Å². The Hall–Kier alpha value is -0.440. The minimum Gasteiger partial charge on any atom is -0.354 e. The Morgan fingerprint density at radius 2 is 1.93 bits per heavy atom. The third-order valence-electron chi connectivity index (χ3n) is 1.26. The van der Waals surface area contributed by atoms with Crippen LogP contribution in [0.25, 0.3) is 0 Å². The molecule has 2 nitrogen and oxygen atoms in total. The van der Waals surface area contributed by atoms with Crippen LogP contribution in [0.3, 0.4) is 0 Å². The van der Waals surface area contributed by atoms with Gasteiger partial charge < -0.3 is 5.32 Å². The zero-order chi connectivity index (χ0) is 11.4. The maximum absolute atomic E-state index is 11.4. The molecule has 1 N–H and O–H groups in total. The molecule has 0 aromatic carbocycles. The Morgan fingerprint density at radius 1 is 1.43 bits per heavy atom. The third-order valence-corrected chi connectivity index (χ3v) is 2.30. The highest BCUT2D eigenvalue weighted by Gasteiger charge is 2.14. The molecule has 0 heterocycles. The summed E-state index contributed by atoms with van der Waals surface area (Å²) in [5.41, 5.74) is 0. The molecule has 0 bridgehead atoms. The number of hydrogen-bond acceptors (Lipinski definition) is 2. The Kier molecular flexibility index (Phi) is 5.27. The highest BCUT2D eigenvalue weighted by molar-refractivity contribution is 8.04. The summed E-state index contributed by atoms with van der Waals surface area (Å²) in [4.78, 5) is 12.3. The summed E-state index contributed by atoms with van der Waals surface area (Å²) in [5.74, 6) is 0.0572. The number of hydrogen-bond donors (Lipinski definition) is 1. The van der Waals surface area contributed by atoms with Crippen molar-refractivity contribution in [1.29, 1.82) is 0 Å². The van der Waals surface area contributed by atoms with Crippen LogP contribution in [0.5, 0.6) is 0 Å². The second kappa shape index (κ2) is 5.44. The van der Waals surface area contributed by atoms with Crippen molar-refractivity contribution in [2.24, 2.45) is 0 Å². The van der Waals surface area contributed by atoms with E-state index in [1.165, 1.54) is 0 Å². The van der Waals surface area contributed by atoms with E-state index in [4.69, 9.17) is 0 Å². The van der Waals surface area contributed by atoms with Crippen LogP contribution in [0.2, 0.25) is 0 Å². The van der Waals surface area contributed by atoms with E-state index in [9.17, 15) is 4.79 Å². The molecule has 0 aromatic rings. The van der Waals surface area contributed by atoms with Crippen molar-refractivity contribution in [2.45, 2.75) is 51.8 Å². The molecule has 82 valence electrons. The first-order valence-corrected chi connectivity index (χ1v) is 5.68. The van der Waals surface area contributed by atoms with Gasteiger partial charge in [0, 0.05) is 10.8 Å². The van der Waals surface area contributed by atoms with Gasteiger partial charge in [-0.25, -0.2) is 0 Å². The van der Waals surface area contributed by atoms with E-state index in [0.29, 0.717) is 6.42 Å². The average molecular weight is 215 g/mol. The Labute approximate surface area is 91.5 Å².